The molecule has 3 nitrogen and oxygen atoms in total. The number of hydrogen-bond acceptors (Lipinski definition) is 3. The van der Waals surface area contributed by atoms with Crippen LogP contribution in [0, 0.1) is 0 Å². The molecule has 0 aromatic heterocycles. The molecule has 5 heteroatoms. The lowest BCUT2D eigenvalue weighted by molar-refractivity contribution is 0.296. The molecular weight excluding hydrogens is 294 g/mol. The highest BCUT2D eigenvalue weighted by atomic mass is 35.5. The standard InChI is InChI=1S/C15H14ClNO2S/c1-18-14-5-3-2-4-10(14)9-19-11-6-7-12(15(17)20)13(16)8-11/h2-8H,9H2,1H3,(H2,17,20). The number of benzene rings is 2. The lowest BCUT2D eigenvalue weighted by Crippen LogP contribution is -2.09. The molecule has 20 heavy (non-hydrogen) atoms. The molecule has 0 aliphatic rings. The molecule has 0 atom stereocenters. The van der Waals surface area contributed by atoms with Gasteiger partial charge < -0.3 is 15.2 Å². The van der Waals surface area contributed by atoms with Crippen LogP contribution in [-0.4, -0.2) is 12.1 Å². The number of rotatable bonds is 5. The minimum absolute atomic E-state index is 0.270. The van der Waals surface area contributed by atoms with Crippen LogP contribution in [0.5, 0.6) is 11.5 Å². The van der Waals surface area contributed by atoms with Gasteiger partial charge in [-0.25, -0.2) is 0 Å². The van der Waals surface area contributed by atoms with Gasteiger partial charge in [0.1, 0.15) is 23.1 Å². The van der Waals surface area contributed by atoms with Crippen LogP contribution < -0.4 is 15.2 Å². The molecule has 0 bridgehead atoms. The summed E-state index contributed by atoms with van der Waals surface area (Å²) in [6.07, 6.45) is 0. The van der Waals surface area contributed by atoms with Crippen LogP contribution in [0.2, 0.25) is 5.02 Å². The van der Waals surface area contributed by atoms with Crippen molar-refractivity contribution in [2.75, 3.05) is 7.11 Å². The first-order valence-corrected chi connectivity index (χ1v) is 6.74. The number of nitrogens with two attached hydrogens (primary N) is 1. The SMILES string of the molecule is COc1ccccc1COc1ccc(C(N)=S)c(Cl)c1. The predicted octanol–water partition coefficient (Wildman–Crippen LogP) is 3.56. The first-order chi connectivity index (χ1) is 9.61. The van der Waals surface area contributed by atoms with Crippen molar-refractivity contribution in [3.8, 4) is 11.5 Å². The van der Waals surface area contributed by atoms with E-state index >= 15 is 0 Å². The van der Waals surface area contributed by atoms with Gasteiger partial charge >= 0.3 is 0 Å². The van der Waals surface area contributed by atoms with Gasteiger partial charge in [0, 0.05) is 11.1 Å². The number of halogens is 1. The van der Waals surface area contributed by atoms with Crippen LogP contribution in [-0.2, 0) is 6.61 Å². The topological polar surface area (TPSA) is 44.5 Å². The number of methoxy groups -OCH3 is 1. The minimum Gasteiger partial charge on any atom is -0.496 e. The number of para-hydroxylation sites is 1. The monoisotopic (exact) mass is 307 g/mol. The molecule has 104 valence electrons. The maximum atomic E-state index is 6.09. The molecule has 2 aromatic rings. The van der Waals surface area contributed by atoms with E-state index in [4.69, 9.17) is 39.0 Å². The molecule has 2 N–H and O–H groups in total. The maximum Gasteiger partial charge on any atom is 0.125 e. The molecular formula is C15H14ClNO2S. The third-order valence-corrected chi connectivity index (χ3v) is 3.33. The second-order valence-corrected chi connectivity index (χ2v) is 4.95. The normalized spacial score (nSPS) is 10.1. The van der Waals surface area contributed by atoms with Crippen molar-refractivity contribution in [3.63, 3.8) is 0 Å². The molecule has 0 aliphatic heterocycles. The number of hydrogen-bond donors (Lipinski definition) is 1. The summed E-state index contributed by atoms with van der Waals surface area (Å²) in [7, 11) is 1.63. The van der Waals surface area contributed by atoms with Crippen LogP contribution in [0.3, 0.4) is 0 Å². The summed E-state index contributed by atoms with van der Waals surface area (Å²) in [5, 5.41) is 0.482. The summed E-state index contributed by atoms with van der Waals surface area (Å²) < 4.78 is 11.0. The van der Waals surface area contributed by atoms with Crippen molar-refractivity contribution < 1.29 is 9.47 Å². The molecule has 0 saturated heterocycles. The van der Waals surface area contributed by atoms with Gasteiger partial charge in [0.25, 0.3) is 0 Å². The fourth-order valence-electron chi connectivity index (χ4n) is 1.77. The van der Waals surface area contributed by atoms with Crippen molar-refractivity contribution >= 4 is 28.8 Å². The third-order valence-electron chi connectivity index (χ3n) is 2.79. The molecule has 2 rings (SSSR count). The predicted molar refractivity (Wildman–Crippen MR) is 84.7 cm³/mol. The fourth-order valence-corrected chi connectivity index (χ4v) is 2.28. The average Bonchev–Trinajstić information content (AvgIpc) is 2.45. The average molecular weight is 308 g/mol. The van der Waals surface area contributed by atoms with Crippen LogP contribution >= 0.6 is 23.8 Å². The van der Waals surface area contributed by atoms with Gasteiger partial charge in [-0.3, -0.25) is 0 Å². The highest BCUT2D eigenvalue weighted by Gasteiger charge is 2.06. The molecule has 0 saturated carbocycles. The smallest absolute Gasteiger partial charge is 0.125 e. The van der Waals surface area contributed by atoms with E-state index in [-0.39, 0.29) is 4.99 Å². The van der Waals surface area contributed by atoms with E-state index in [2.05, 4.69) is 0 Å². The van der Waals surface area contributed by atoms with E-state index in [1.54, 1.807) is 25.3 Å². The Hall–Kier alpha value is -1.78. The van der Waals surface area contributed by atoms with E-state index in [9.17, 15) is 0 Å². The minimum atomic E-state index is 0.270. The summed E-state index contributed by atoms with van der Waals surface area (Å²) in [6, 6.07) is 12.9. The molecule has 0 fully saturated rings. The number of thiocarbonyl (C=S) groups is 1. The second kappa shape index (κ2) is 6.59. The Bertz CT molecular complexity index is 631. The third kappa shape index (κ3) is 3.40. The molecule has 0 amide bonds. The quantitative estimate of drug-likeness (QED) is 0.858. The fraction of sp³-hybridized carbons (Fsp3) is 0.133. The van der Waals surface area contributed by atoms with Crippen molar-refractivity contribution in [2.45, 2.75) is 6.61 Å². The zero-order valence-corrected chi connectivity index (χ0v) is 12.5. The van der Waals surface area contributed by atoms with Crippen LogP contribution in [0.1, 0.15) is 11.1 Å². The Morgan fingerprint density at radius 3 is 2.65 bits per heavy atom. The van der Waals surface area contributed by atoms with Gasteiger partial charge in [0.2, 0.25) is 0 Å². The summed E-state index contributed by atoms with van der Waals surface area (Å²) in [6.45, 7) is 0.396. The molecule has 2 aromatic carbocycles. The molecule has 0 unspecified atom stereocenters. The Morgan fingerprint density at radius 1 is 1.25 bits per heavy atom. The Kier molecular flexibility index (Phi) is 4.82. The van der Waals surface area contributed by atoms with Gasteiger partial charge in [0.05, 0.1) is 12.1 Å². The highest BCUT2D eigenvalue weighted by molar-refractivity contribution is 7.80. The molecule has 0 heterocycles. The Balaban J connectivity index is 2.11. The van der Waals surface area contributed by atoms with E-state index < -0.39 is 0 Å². The zero-order valence-electron chi connectivity index (χ0n) is 10.9. The summed E-state index contributed by atoms with van der Waals surface area (Å²) >= 11 is 11.0. The first kappa shape index (κ1) is 14.6. The van der Waals surface area contributed by atoms with Gasteiger partial charge in [-0.1, -0.05) is 42.0 Å². The second-order valence-electron chi connectivity index (χ2n) is 4.11. The van der Waals surface area contributed by atoms with Crippen molar-refractivity contribution in [3.05, 3.63) is 58.6 Å². The van der Waals surface area contributed by atoms with Crippen LogP contribution in [0.25, 0.3) is 0 Å². The highest BCUT2D eigenvalue weighted by Crippen LogP contribution is 2.25. The molecule has 0 spiro atoms. The lowest BCUT2D eigenvalue weighted by Gasteiger charge is -2.11. The van der Waals surface area contributed by atoms with Gasteiger partial charge in [-0.15, -0.1) is 0 Å². The maximum absolute atomic E-state index is 6.09. The number of ether oxygens (including phenoxy) is 2. The van der Waals surface area contributed by atoms with Gasteiger partial charge in [-0.2, -0.15) is 0 Å². The van der Waals surface area contributed by atoms with E-state index in [1.807, 2.05) is 24.3 Å². The summed E-state index contributed by atoms with van der Waals surface area (Å²) in [5.74, 6) is 1.44. The van der Waals surface area contributed by atoms with Crippen molar-refractivity contribution in [1.29, 1.82) is 0 Å². The van der Waals surface area contributed by atoms with Crippen molar-refractivity contribution in [2.24, 2.45) is 5.73 Å². The molecule has 0 aliphatic carbocycles. The van der Waals surface area contributed by atoms with Crippen LogP contribution in [0.15, 0.2) is 42.5 Å². The largest absolute Gasteiger partial charge is 0.496 e. The van der Waals surface area contributed by atoms with E-state index in [0.717, 1.165) is 11.3 Å². The summed E-state index contributed by atoms with van der Waals surface area (Å²) in [4.78, 5) is 0.270. The van der Waals surface area contributed by atoms with E-state index in [0.29, 0.717) is 22.9 Å². The summed E-state index contributed by atoms with van der Waals surface area (Å²) in [5.41, 5.74) is 7.16. The lowest BCUT2D eigenvalue weighted by atomic mass is 10.2. The van der Waals surface area contributed by atoms with Crippen molar-refractivity contribution in [1.82, 2.24) is 0 Å². The first-order valence-electron chi connectivity index (χ1n) is 5.96. The van der Waals surface area contributed by atoms with Gasteiger partial charge in [0.15, 0.2) is 0 Å². The molecule has 0 radical (unpaired) electrons. The van der Waals surface area contributed by atoms with Gasteiger partial charge in [-0.05, 0) is 24.3 Å². The Labute approximate surface area is 128 Å². The van der Waals surface area contributed by atoms with Crippen LogP contribution in [0.4, 0.5) is 0 Å². The Morgan fingerprint density at radius 2 is 2.00 bits per heavy atom. The zero-order chi connectivity index (χ0) is 14.5. The van der Waals surface area contributed by atoms with E-state index in [1.165, 1.54) is 0 Å².